The summed E-state index contributed by atoms with van der Waals surface area (Å²) in [5.74, 6) is 0. The second-order valence-electron chi connectivity index (χ2n) is 2.59. The van der Waals surface area contributed by atoms with E-state index < -0.39 is 0 Å². The molecule has 0 bridgehead atoms. The number of fused-ring (bicyclic) bond motifs is 1. The summed E-state index contributed by atoms with van der Waals surface area (Å²) >= 11 is 0. The fraction of sp³-hybridized carbons (Fsp3) is 0.250. The highest BCUT2D eigenvalue weighted by atomic mass is 15.1. The fourth-order valence-electron chi connectivity index (χ4n) is 1.22. The van der Waals surface area contributed by atoms with Crippen molar-refractivity contribution in [2.75, 3.05) is 6.54 Å². The van der Waals surface area contributed by atoms with Crippen molar-refractivity contribution in [1.29, 1.82) is 0 Å². The lowest BCUT2D eigenvalue weighted by Crippen LogP contribution is -2.08. The Morgan fingerprint density at radius 3 is 3.25 bits per heavy atom. The first-order chi connectivity index (χ1) is 5.92. The van der Waals surface area contributed by atoms with Crippen molar-refractivity contribution in [3.63, 3.8) is 0 Å². The van der Waals surface area contributed by atoms with E-state index in [-0.39, 0.29) is 0 Å². The Kier molecular flexibility index (Phi) is 1.75. The molecule has 0 aromatic carbocycles. The van der Waals surface area contributed by atoms with Crippen LogP contribution in [0.3, 0.4) is 0 Å². The molecule has 0 radical (unpaired) electrons. The largest absolute Gasteiger partial charge is 0.329 e. The Morgan fingerprint density at radius 1 is 1.50 bits per heavy atom. The summed E-state index contributed by atoms with van der Waals surface area (Å²) in [7, 11) is 0. The molecule has 0 atom stereocenters. The van der Waals surface area contributed by atoms with Crippen molar-refractivity contribution in [1.82, 2.24) is 14.5 Å². The van der Waals surface area contributed by atoms with E-state index in [1.54, 1.807) is 18.7 Å². The summed E-state index contributed by atoms with van der Waals surface area (Å²) in [4.78, 5) is 8.23. The molecular weight excluding hydrogens is 152 g/mol. The lowest BCUT2D eigenvalue weighted by atomic mass is 10.4. The molecule has 0 saturated carbocycles. The Labute approximate surface area is 70.0 Å². The van der Waals surface area contributed by atoms with E-state index >= 15 is 0 Å². The monoisotopic (exact) mass is 162 g/mol. The average Bonchev–Trinajstić information content (AvgIpc) is 2.50. The molecule has 2 rings (SSSR count). The number of pyridine rings is 1. The molecule has 0 aliphatic carbocycles. The second kappa shape index (κ2) is 2.91. The molecule has 0 amide bonds. The molecular formula is C8H10N4. The van der Waals surface area contributed by atoms with Crippen LogP contribution < -0.4 is 5.73 Å². The highest BCUT2D eigenvalue weighted by molar-refractivity contribution is 5.73. The fourth-order valence-corrected chi connectivity index (χ4v) is 1.22. The molecule has 4 heteroatoms. The maximum absolute atomic E-state index is 5.44. The van der Waals surface area contributed by atoms with E-state index in [2.05, 4.69) is 9.97 Å². The van der Waals surface area contributed by atoms with Crippen LogP contribution in [0.2, 0.25) is 0 Å². The number of nitrogens with two attached hydrogens (primary N) is 1. The van der Waals surface area contributed by atoms with Gasteiger partial charge in [-0.15, -0.1) is 0 Å². The van der Waals surface area contributed by atoms with Crippen molar-refractivity contribution in [3.8, 4) is 0 Å². The van der Waals surface area contributed by atoms with Crippen LogP contribution in [0.1, 0.15) is 0 Å². The minimum atomic E-state index is 0.625. The number of imidazole rings is 1. The number of aromatic nitrogens is 3. The highest BCUT2D eigenvalue weighted by Gasteiger charge is 1.99. The van der Waals surface area contributed by atoms with Gasteiger partial charge in [-0.05, 0) is 6.07 Å². The van der Waals surface area contributed by atoms with Crippen LogP contribution in [-0.2, 0) is 6.54 Å². The summed E-state index contributed by atoms with van der Waals surface area (Å²) in [5, 5.41) is 0. The number of rotatable bonds is 2. The Balaban J connectivity index is 2.55. The smallest absolute Gasteiger partial charge is 0.0959 e. The second-order valence-corrected chi connectivity index (χ2v) is 2.59. The molecule has 0 aliphatic rings. The van der Waals surface area contributed by atoms with Crippen LogP contribution >= 0.6 is 0 Å². The summed E-state index contributed by atoms with van der Waals surface area (Å²) in [6.07, 6.45) is 5.33. The van der Waals surface area contributed by atoms with Gasteiger partial charge in [0, 0.05) is 19.3 Å². The molecule has 0 saturated heterocycles. The SMILES string of the molecule is NCCn1cnc2ccncc21. The number of nitrogens with zero attached hydrogens (tertiary/aromatic N) is 3. The van der Waals surface area contributed by atoms with Gasteiger partial charge < -0.3 is 10.3 Å². The summed E-state index contributed by atoms with van der Waals surface area (Å²) in [5.41, 5.74) is 7.46. The Bertz CT molecular complexity index is 379. The molecule has 4 nitrogen and oxygen atoms in total. The van der Waals surface area contributed by atoms with Crippen LogP contribution in [-0.4, -0.2) is 21.1 Å². The van der Waals surface area contributed by atoms with Gasteiger partial charge in [0.1, 0.15) is 0 Å². The van der Waals surface area contributed by atoms with E-state index in [0.717, 1.165) is 17.6 Å². The van der Waals surface area contributed by atoms with Gasteiger partial charge in [0.15, 0.2) is 0 Å². The van der Waals surface area contributed by atoms with E-state index in [4.69, 9.17) is 5.73 Å². The van der Waals surface area contributed by atoms with Crippen molar-refractivity contribution in [2.45, 2.75) is 6.54 Å². The van der Waals surface area contributed by atoms with E-state index in [9.17, 15) is 0 Å². The van der Waals surface area contributed by atoms with Crippen molar-refractivity contribution in [3.05, 3.63) is 24.8 Å². The first-order valence-electron chi connectivity index (χ1n) is 3.87. The third-order valence-electron chi connectivity index (χ3n) is 1.79. The number of hydrogen-bond donors (Lipinski definition) is 1. The van der Waals surface area contributed by atoms with Crippen molar-refractivity contribution < 1.29 is 0 Å². The summed E-state index contributed by atoms with van der Waals surface area (Å²) in [6, 6.07) is 1.89. The van der Waals surface area contributed by atoms with Crippen molar-refractivity contribution >= 4 is 11.0 Å². The van der Waals surface area contributed by atoms with Crippen LogP contribution in [0.15, 0.2) is 24.8 Å². The van der Waals surface area contributed by atoms with E-state index in [1.807, 2.05) is 10.6 Å². The lowest BCUT2D eigenvalue weighted by molar-refractivity contribution is 0.727. The molecule has 12 heavy (non-hydrogen) atoms. The van der Waals surface area contributed by atoms with Gasteiger partial charge in [0.25, 0.3) is 0 Å². The predicted octanol–water partition coefficient (Wildman–Crippen LogP) is 0.390. The van der Waals surface area contributed by atoms with Gasteiger partial charge in [-0.1, -0.05) is 0 Å². The van der Waals surface area contributed by atoms with Gasteiger partial charge in [0.05, 0.1) is 23.6 Å². The normalized spacial score (nSPS) is 10.8. The maximum atomic E-state index is 5.44. The standard InChI is InChI=1S/C8H10N4/c9-2-4-12-6-11-7-1-3-10-5-8(7)12/h1,3,5-6H,2,4,9H2. The van der Waals surface area contributed by atoms with Gasteiger partial charge in [-0.25, -0.2) is 4.98 Å². The molecule has 0 unspecified atom stereocenters. The Hall–Kier alpha value is -1.42. The first kappa shape index (κ1) is 7.24. The average molecular weight is 162 g/mol. The molecule has 2 N–H and O–H groups in total. The lowest BCUT2D eigenvalue weighted by Gasteiger charge is -1.98. The topological polar surface area (TPSA) is 56.7 Å². The highest BCUT2D eigenvalue weighted by Crippen LogP contribution is 2.08. The van der Waals surface area contributed by atoms with Crippen LogP contribution in [0, 0.1) is 0 Å². The molecule has 2 aromatic rings. The van der Waals surface area contributed by atoms with Crippen LogP contribution in [0.4, 0.5) is 0 Å². The molecule has 62 valence electrons. The molecule has 0 aliphatic heterocycles. The zero-order chi connectivity index (χ0) is 8.39. The van der Waals surface area contributed by atoms with Crippen molar-refractivity contribution in [2.24, 2.45) is 5.73 Å². The Morgan fingerprint density at radius 2 is 2.42 bits per heavy atom. The minimum absolute atomic E-state index is 0.625. The van der Waals surface area contributed by atoms with Gasteiger partial charge in [-0.3, -0.25) is 4.98 Å². The van der Waals surface area contributed by atoms with Gasteiger partial charge >= 0.3 is 0 Å². The zero-order valence-corrected chi connectivity index (χ0v) is 6.64. The van der Waals surface area contributed by atoms with Gasteiger partial charge in [0.2, 0.25) is 0 Å². The van der Waals surface area contributed by atoms with Crippen LogP contribution in [0.25, 0.3) is 11.0 Å². The summed E-state index contributed by atoms with van der Waals surface area (Å²) in [6.45, 7) is 1.42. The third-order valence-corrected chi connectivity index (χ3v) is 1.79. The van der Waals surface area contributed by atoms with Crippen LogP contribution in [0.5, 0.6) is 0 Å². The maximum Gasteiger partial charge on any atom is 0.0959 e. The quantitative estimate of drug-likeness (QED) is 0.695. The molecule has 2 aromatic heterocycles. The third kappa shape index (κ3) is 1.06. The van der Waals surface area contributed by atoms with E-state index in [0.29, 0.717) is 6.54 Å². The molecule has 2 heterocycles. The van der Waals surface area contributed by atoms with E-state index in [1.165, 1.54) is 0 Å². The zero-order valence-electron chi connectivity index (χ0n) is 6.64. The molecule has 0 fully saturated rings. The summed E-state index contributed by atoms with van der Waals surface area (Å²) < 4.78 is 2.00. The number of hydrogen-bond acceptors (Lipinski definition) is 3. The predicted molar refractivity (Wildman–Crippen MR) is 46.6 cm³/mol. The van der Waals surface area contributed by atoms with Gasteiger partial charge in [-0.2, -0.15) is 0 Å². The molecule has 0 spiro atoms. The minimum Gasteiger partial charge on any atom is -0.329 e. The first-order valence-corrected chi connectivity index (χ1v) is 3.87.